The fourth-order valence-electron chi connectivity index (χ4n) is 2.18. The van der Waals surface area contributed by atoms with Crippen LogP contribution in [0.2, 0.25) is 0 Å². The summed E-state index contributed by atoms with van der Waals surface area (Å²) in [6.45, 7) is 1.96. The third-order valence-electron chi connectivity index (χ3n) is 3.19. The molecule has 21 heavy (non-hydrogen) atoms. The maximum atomic E-state index is 6.01. The molecule has 0 saturated carbocycles. The van der Waals surface area contributed by atoms with Gasteiger partial charge in [-0.05, 0) is 31.2 Å². The van der Waals surface area contributed by atoms with E-state index < -0.39 is 0 Å². The van der Waals surface area contributed by atoms with Gasteiger partial charge in [-0.2, -0.15) is 0 Å². The van der Waals surface area contributed by atoms with Crippen molar-refractivity contribution in [3.63, 3.8) is 0 Å². The molecule has 3 rings (SSSR count). The molecule has 1 aromatic heterocycles. The third-order valence-corrected chi connectivity index (χ3v) is 3.41. The van der Waals surface area contributed by atoms with Gasteiger partial charge in [0.15, 0.2) is 5.75 Å². The van der Waals surface area contributed by atoms with E-state index >= 15 is 0 Å². The van der Waals surface area contributed by atoms with Gasteiger partial charge in [0, 0.05) is 11.1 Å². The molecule has 0 unspecified atom stereocenters. The summed E-state index contributed by atoms with van der Waals surface area (Å²) in [6, 6.07) is 17.3. The quantitative estimate of drug-likeness (QED) is 0.743. The SMILES string of the molecule is Cc1ccc2cccc(Oc3ccccc3C(N)=S)c2n1. The van der Waals surface area contributed by atoms with Crippen LogP contribution in [0.4, 0.5) is 0 Å². The number of pyridine rings is 1. The minimum atomic E-state index is 0.315. The van der Waals surface area contributed by atoms with Gasteiger partial charge >= 0.3 is 0 Å². The number of thiocarbonyl (C=S) groups is 1. The molecule has 0 radical (unpaired) electrons. The number of aromatic nitrogens is 1. The minimum Gasteiger partial charge on any atom is -0.454 e. The smallest absolute Gasteiger partial charge is 0.153 e. The van der Waals surface area contributed by atoms with Crippen molar-refractivity contribution in [3.05, 3.63) is 65.9 Å². The molecule has 104 valence electrons. The molecular formula is C17H14N2OS. The number of fused-ring (bicyclic) bond motifs is 1. The molecule has 0 fully saturated rings. The fraction of sp³-hybridized carbons (Fsp3) is 0.0588. The maximum absolute atomic E-state index is 6.01. The minimum absolute atomic E-state index is 0.315. The molecule has 1 heterocycles. The normalized spacial score (nSPS) is 10.5. The number of nitrogens with two attached hydrogens (primary N) is 1. The van der Waals surface area contributed by atoms with Crippen LogP contribution in [-0.2, 0) is 0 Å². The summed E-state index contributed by atoms with van der Waals surface area (Å²) < 4.78 is 6.01. The number of benzene rings is 2. The Hall–Kier alpha value is -2.46. The number of aryl methyl sites for hydroxylation is 1. The Morgan fingerprint density at radius 1 is 1.00 bits per heavy atom. The van der Waals surface area contributed by atoms with Crippen LogP contribution in [0.3, 0.4) is 0 Å². The molecule has 3 aromatic rings. The van der Waals surface area contributed by atoms with Crippen LogP contribution in [-0.4, -0.2) is 9.97 Å². The van der Waals surface area contributed by atoms with Crippen LogP contribution in [0, 0.1) is 6.92 Å². The van der Waals surface area contributed by atoms with Gasteiger partial charge in [-0.25, -0.2) is 4.98 Å². The molecule has 0 amide bonds. The fourth-order valence-corrected chi connectivity index (χ4v) is 2.35. The van der Waals surface area contributed by atoms with E-state index in [1.807, 2.05) is 61.5 Å². The molecule has 0 atom stereocenters. The first kappa shape index (κ1) is 13.5. The highest BCUT2D eigenvalue weighted by Crippen LogP contribution is 2.30. The van der Waals surface area contributed by atoms with Crippen LogP contribution < -0.4 is 10.5 Å². The second kappa shape index (κ2) is 5.50. The summed E-state index contributed by atoms with van der Waals surface area (Å²) in [5.74, 6) is 1.33. The highest BCUT2D eigenvalue weighted by atomic mass is 32.1. The first-order valence-electron chi connectivity index (χ1n) is 6.58. The number of rotatable bonds is 3. The lowest BCUT2D eigenvalue weighted by atomic mass is 10.1. The summed E-state index contributed by atoms with van der Waals surface area (Å²) in [4.78, 5) is 4.87. The largest absolute Gasteiger partial charge is 0.454 e. The molecule has 0 aliphatic carbocycles. The predicted molar refractivity (Wildman–Crippen MR) is 88.9 cm³/mol. The van der Waals surface area contributed by atoms with Crippen LogP contribution >= 0.6 is 12.2 Å². The molecule has 0 aliphatic heterocycles. The maximum Gasteiger partial charge on any atom is 0.153 e. The van der Waals surface area contributed by atoms with Gasteiger partial charge in [-0.3, -0.25) is 0 Å². The Balaban J connectivity index is 2.11. The van der Waals surface area contributed by atoms with E-state index in [2.05, 4.69) is 4.98 Å². The van der Waals surface area contributed by atoms with E-state index in [9.17, 15) is 0 Å². The first-order valence-corrected chi connectivity index (χ1v) is 6.99. The zero-order chi connectivity index (χ0) is 14.8. The Morgan fingerprint density at radius 2 is 1.76 bits per heavy atom. The van der Waals surface area contributed by atoms with E-state index in [4.69, 9.17) is 22.7 Å². The van der Waals surface area contributed by atoms with E-state index in [1.165, 1.54) is 0 Å². The lowest BCUT2D eigenvalue weighted by Crippen LogP contribution is -2.10. The Morgan fingerprint density at radius 3 is 2.57 bits per heavy atom. The van der Waals surface area contributed by atoms with Gasteiger partial charge in [0.25, 0.3) is 0 Å². The third kappa shape index (κ3) is 2.71. The Bertz CT molecular complexity index is 830. The number of ether oxygens (including phenoxy) is 1. The van der Waals surface area contributed by atoms with Crippen LogP contribution in [0.1, 0.15) is 11.3 Å². The van der Waals surface area contributed by atoms with Crippen molar-refractivity contribution in [3.8, 4) is 11.5 Å². The highest BCUT2D eigenvalue weighted by Gasteiger charge is 2.09. The van der Waals surface area contributed by atoms with Gasteiger partial charge < -0.3 is 10.5 Å². The van der Waals surface area contributed by atoms with E-state index in [1.54, 1.807) is 0 Å². The molecule has 0 bridgehead atoms. The van der Waals surface area contributed by atoms with Crippen molar-refractivity contribution in [2.45, 2.75) is 6.92 Å². The van der Waals surface area contributed by atoms with Crippen LogP contribution in [0.15, 0.2) is 54.6 Å². The zero-order valence-electron chi connectivity index (χ0n) is 11.5. The van der Waals surface area contributed by atoms with Crippen LogP contribution in [0.5, 0.6) is 11.5 Å². The van der Waals surface area contributed by atoms with Gasteiger partial charge in [0.2, 0.25) is 0 Å². The summed E-state index contributed by atoms with van der Waals surface area (Å²) in [5, 5.41) is 1.03. The van der Waals surface area contributed by atoms with Gasteiger partial charge in [-0.15, -0.1) is 0 Å². The zero-order valence-corrected chi connectivity index (χ0v) is 12.4. The van der Waals surface area contributed by atoms with Crippen molar-refractivity contribution in [1.29, 1.82) is 0 Å². The number of para-hydroxylation sites is 2. The summed E-state index contributed by atoms with van der Waals surface area (Å²) >= 11 is 5.06. The van der Waals surface area contributed by atoms with Gasteiger partial charge in [0.1, 0.15) is 16.3 Å². The first-order chi connectivity index (χ1) is 10.1. The Kier molecular flexibility index (Phi) is 3.54. The second-order valence-electron chi connectivity index (χ2n) is 4.74. The summed E-state index contributed by atoms with van der Waals surface area (Å²) in [7, 11) is 0. The topological polar surface area (TPSA) is 48.1 Å². The molecule has 2 aromatic carbocycles. The number of hydrogen-bond acceptors (Lipinski definition) is 3. The second-order valence-corrected chi connectivity index (χ2v) is 5.18. The number of nitrogens with zero attached hydrogens (tertiary/aromatic N) is 1. The average Bonchev–Trinajstić information content (AvgIpc) is 2.48. The van der Waals surface area contributed by atoms with Crippen molar-refractivity contribution in [1.82, 2.24) is 4.98 Å². The lowest BCUT2D eigenvalue weighted by molar-refractivity contribution is 0.486. The summed E-state index contributed by atoms with van der Waals surface area (Å²) in [6.07, 6.45) is 0. The standard InChI is InChI=1S/C17H14N2OS/c1-11-9-10-12-5-4-8-15(16(12)19-11)20-14-7-3-2-6-13(14)17(18)21/h2-10H,1H3,(H2,18,21). The molecule has 4 heteroatoms. The van der Waals surface area contributed by atoms with Crippen molar-refractivity contribution < 1.29 is 4.74 Å². The van der Waals surface area contributed by atoms with Gasteiger partial charge in [-0.1, -0.05) is 42.5 Å². The highest BCUT2D eigenvalue weighted by molar-refractivity contribution is 7.80. The van der Waals surface area contributed by atoms with E-state index in [0.29, 0.717) is 16.5 Å². The molecule has 3 nitrogen and oxygen atoms in total. The predicted octanol–water partition coefficient (Wildman–Crippen LogP) is 3.97. The van der Waals surface area contributed by atoms with E-state index in [0.717, 1.165) is 22.2 Å². The lowest BCUT2D eigenvalue weighted by Gasteiger charge is -2.12. The van der Waals surface area contributed by atoms with Gasteiger partial charge in [0.05, 0.1) is 5.56 Å². The summed E-state index contributed by atoms with van der Waals surface area (Å²) in [5.41, 5.74) is 8.23. The molecule has 0 spiro atoms. The monoisotopic (exact) mass is 294 g/mol. The van der Waals surface area contributed by atoms with Crippen molar-refractivity contribution >= 4 is 28.1 Å². The van der Waals surface area contributed by atoms with Crippen molar-refractivity contribution in [2.24, 2.45) is 5.73 Å². The molecule has 2 N–H and O–H groups in total. The molecular weight excluding hydrogens is 280 g/mol. The molecule has 0 aliphatic rings. The average molecular weight is 294 g/mol. The van der Waals surface area contributed by atoms with Crippen molar-refractivity contribution in [2.75, 3.05) is 0 Å². The Labute approximate surface area is 128 Å². The van der Waals surface area contributed by atoms with Crippen LogP contribution in [0.25, 0.3) is 10.9 Å². The number of hydrogen-bond donors (Lipinski definition) is 1. The molecule has 0 saturated heterocycles. The van der Waals surface area contributed by atoms with E-state index in [-0.39, 0.29) is 0 Å².